The number of alkyl halides is 3. The zero-order valence-corrected chi connectivity index (χ0v) is 16.7. The van der Waals surface area contributed by atoms with Crippen LogP contribution in [0.5, 0.6) is 0 Å². The number of ether oxygens (including phenoxy) is 2. The number of hydrogen-bond acceptors (Lipinski definition) is 7. The minimum atomic E-state index is -4.54. The van der Waals surface area contributed by atoms with Crippen molar-refractivity contribution >= 4 is 17.5 Å². The van der Waals surface area contributed by atoms with Crippen molar-refractivity contribution in [1.82, 2.24) is 9.55 Å². The highest BCUT2D eigenvalue weighted by molar-refractivity contribution is 5.86. The Morgan fingerprint density at radius 3 is 2.63 bits per heavy atom. The van der Waals surface area contributed by atoms with Gasteiger partial charge in [0.1, 0.15) is 11.9 Å². The van der Waals surface area contributed by atoms with E-state index in [9.17, 15) is 22.8 Å². The third-order valence-electron chi connectivity index (χ3n) is 5.98. The van der Waals surface area contributed by atoms with E-state index in [0.29, 0.717) is 38.6 Å². The van der Waals surface area contributed by atoms with E-state index >= 15 is 0 Å². The quantitative estimate of drug-likeness (QED) is 0.711. The largest absolute Gasteiger partial charge is 0.408 e. The molecule has 0 aromatic carbocycles. The van der Waals surface area contributed by atoms with Crippen LogP contribution in [0.2, 0.25) is 0 Å². The fraction of sp³-hybridized carbons (Fsp3) is 0.737. The Hall–Kier alpha value is -2.14. The SMILES string of the molecule is C[C@@H]1COCCN1c1cc(=O)n2c(n1)N(CC(=O)C1CCOC1)[C@H](C(F)(F)F)CC2. The number of hydrogen-bond donors (Lipinski definition) is 0. The summed E-state index contributed by atoms with van der Waals surface area (Å²) in [5.74, 6) is -0.540. The van der Waals surface area contributed by atoms with Crippen LogP contribution in [0.25, 0.3) is 0 Å². The lowest BCUT2D eigenvalue weighted by atomic mass is 10.0. The topological polar surface area (TPSA) is 76.9 Å². The molecule has 0 amide bonds. The van der Waals surface area contributed by atoms with Gasteiger partial charge in [-0.25, -0.2) is 0 Å². The Morgan fingerprint density at radius 1 is 1.20 bits per heavy atom. The molecule has 11 heteroatoms. The number of Topliss-reactive ketones (excluding diaryl/α,β-unsaturated/α-hetero) is 1. The molecule has 4 rings (SSSR count). The van der Waals surface area contributed by atoms with E-state index in [1.165, 1.54) is 10.6 Å². The average molecular weight is 430 g/mol. The van der Waals surface area contributed by atoms with Gasteiger partial charge in [-0.05, 0) is 19.8 Å². The van der Waals surface area contributed by atoms with Crippen LogP contribution in [0.1, 0.15) is 19.8 Å². The number of aromatic nitrogens is 2. The van der Waals surface area contributed by atoms with Gasteiger partial charge < -0.3 is 19.3 Å². The van der Waals surface area contributed by atoms with E-state index < -0.39 is 30.2 Å². The van der Waals surface area contributed by atoms with Crippen molar-refractivity contribution in [3.8, 4) is 0 Å². The summed E-state index contributed by atoms with van der Waals surface area (Å²) in [4.78, 5) is 32.7. The summed E-state index contributed by atoms with van der Waals surface area (Å²) < 4.78 is 53.3. The Labute approximate surface area is 171 Å². The minimum Gasteiger partial charge on any atom is -0.381 e. The molecular weight excluding hydrogens is 405 g/mol. The Kier molecular flexibility index (Phi) is 5.75. The molecule has 0 spiro atoms. The predicted octanol–water partition coefficient (Wildman–Crippen LogP) is 1.21. The second-order valence-electron chi connectivity index (χ2n) is 8.02. The molecule has 166 valence electrons. The molecule has 0 radical (unpaired) electrons. The van der Waals surface area contributed by atoms with Gasteiger partial charge in [0.05, 0.1) is 32.4 Å². The molecule has 0 saturated carbocycles. The normalized spacial score (nSPS) is 27.3. The minimum absolute atomic E-state index is 0.0681. The van der Waals surface area contributed by atoms with Gasteiger partial charge in [-0.1, -0.05) is 0 Å². The number of morpholine rings is 1. The second kappa shape index (κ2) is 8.18. The number of carbonyl (C=O) groups excluding carboxylic acids is 1. The van der Waals surface area contributed by atoms with Crippen molar-refractivity contribution in [1.29, 1.82) is 0 Å². The highest BCUT2D eigenvalue weighted by atomic mass is 19.4. The third-order valence-corrected chi connectivity index (χ3v) is 5.98. The highest BCUT2D eigenvalue weighted by Gasteiger charge is 2.48. The summed E-state index contributed by atoms with van der Waals surface area (Å²) in [6.45, 7) is 3.36. The molecule has 8 nitrogen and oxygen atoms in total. The highest BCUT2D eigenvalue weighted by Crippen LogP contribution is 2.34. The lowest BCUT2D eigenvalue weighted by Crippen LogP contribution is -2.55. The number of ketones is 1. The molecule has 1 aromatic heterocycles. The van der Waals surface area contributed by atoms with Crippen molar-refractivity contribution in [2.45, 2.75) is 44.6 Å². The fourth-order valence-electron chi connectivity index (χ4n) is 4.28. The summed E-state index contributed by atoms with van der Waals surface area (Å²) in [5, 5.41) is 0. The van der Waals surface area contributed by atoms with Gasteiger partial charge in [-0.2, -0.15) is 18.2 Å². The third kappa shape index (κ3) is 4.04. The average Bonchev–Trinajstić information content (AvgIpc) is 3.23. The molecular formula is C19H25F3N4O4. The summed E-state index contributed by atoms with van der Waals surface area (Å²) >= 11 is 0. The molecule has 1 aromatic rings. The molecule has 3 aliphatic heterocycles. The van der Waals surface area contributed by atoms with Crippen LogP contribution in [0.3, 0.4) is 0 Å². The number of fused-ring (bicyclic) bond motifs is 1. The lowest BCUT2D eigenvalue weighted by Gasteiger charge is -2.40. The van der Waals surface area contributed by atoms with Gasteiger partial charge in [0.15, 0.2) is 5.78 Å². The molecule has 30 heavy (non-hydrogen) atoms. The maximum atomic E-state index is 13.8. The Morgan fingerprint density at radius 2 is 1.97 bits per heavy atom. The first kappa shape index (κ1) is 21.1. The predicted molar refractivity (Wildman–Crippen MR) is 102 cm³/mol. The van der Waals surface area contributed by atoms with Crippen LogP contribution < -0.4 is 15.4 Å². The molecule has 0 bridgehead atoms. The number of rotatable bonds is 4. The van der Waals surface area contributed by atoms with Crippen LogP contribution in [-0.4, -0.2) is 73.1 Å². The standard InChI is InChI=1S/C19H25F3N4O4/c1-12-10-30-7-5-24(12)16-8-17(28)25-4-2-15(19(20,21)22)26(18(25)23-16)9-14(27)13-3-6-29-11-13/h8,12-13,15H,2-7,9-11H2,1H3/t12-,13?,15+/m1/s1. The van der Waals surface area contributed by atoms with Crippen LogP contribution in [-0.2, 0) is 20.8 Å². The second-order valence-corrected chi connectivity index (χ2v) is 8.02. The summed E-state index contributed by atoms with van der Waals surface area (Å²) in [6, 6.07) is -0.584. The molecule has 2 fully saturated rings. The van der Waals surface area contributed by atoms with E-state index in [-0.39, 0.29) is 37.3 Å². The maximum Gasteiger partial charge on any atom is 0.408 e. The van der Waals surface area contributed by atoms with Crippen LogP contribution in [0.15, 0.2) is 10.9 Å². The first-order chi connectivity index (χ1) is 14.3. The van der Waals surface area contributed by atoms with Gasteiger partial charge >= 0.3 is 6.18 Å². The van der Waals surface area contributed by atoms with Gasteiger partial charge in [-0.3, -0.25) is 14.2 Å². The van der Waals surface area contributed by atoms with Crippen LogP contribution in [0.4, 0.5) is 24.9 Å². The number of anilines is 2. The summed E-state index contributed by atoms with van der Waals surface area (Å²) in [7, 11) is 0. The lowest BCUT2D eigenvalue weighted by molar-refractivity contribution is -0.153. The van der Waals surface area contributed by atoms with Gasteiger partial charge in [0, 0.05) is 31.7 Å². The molecule has 0 aliphatic carbocycles. The van der Waals surface area contributed by atoms with Crippen molar-refractivity contribution in [2.75, 3.05) is 49.3 Å². The number of halogens is 3. The van der Waals surface area contributed by atoms with Crippen LogP contribution >= 0.6 is 0 Å². The van der Waals surface area contributed by atoms with E-state index in [1.54, 1.807) is 0 Å². The van der Waals surface area contributed by atoms with E-state index in [0.717, 1.165) is 4.90 Å². The van der Waals surface area contributed by atoms with Gasteiger partial charge in [0.2, 0.25) is 5.95 Å². The zero-order valence-electron chi connectivity index (χ0n) is 16.7. The van der Waals surface area contributed by atoms with E-state index in [1.807, 2.05) is 11.8 Å². The summed E-state index contributed by atoms with van der Waals surface area (Å²) in [5.41, 5.74) is -0.420. The monoisotopic (exact) mass is 430 g/mol. The molecule has 4 heterocycles. The molecule has 3 atom stereocenters. The molecule has 3 aliphatic rings. The summed E-state index contributed by atoms with van der Waals surface area (Å²) in [6.07, 6.45) is -4.35. The molecule has 0 N–H and O–H groups in total. The maximum absolute atomic E-state index is 13.8. The number of carbonyl (C=O) groups is 1. The van der Waals surface area contributed by atoms with Crippen LogP contribution in [0, 0.1) is 5.92 Å². The first-order valence-corrected chi connectivity index (χ1v) is 10.2. The number of nitrogens with zero attached hydrogens (tertiary/aromatic N) is 4. The van der Waals surface area contributed by atoms with E-state index in [2.05, 4.69) is 4.98 Å². The van der Waals surface area contributed by atoms with Crippen molar-refractivity contribution < 1.29 is 27.4 Å². The first-order valence-electron chi connectivity index (χ1n) is 10.2. The van der Waals surface area contributed by atoms with Gasteiger partial charge in [0.25, 0.3) is 5.56 Å². The molecule has 2 saturated heterocycles. The van der Waals surface area contributed by atoms with E-state index in [4.69, 9.17) is 9.47 Å². The Balaban J connectivity index is 1.72. The Bertz CT molecular complexity index is 853. The van der Waals surface area contributed by atoms with Crippen molar-refractivity contribution in [3.05, 3.63) is 16.4 Å². The smallest absolute Gasteiger partial charge is 0.381 e. The van der Waals surface area contributed by atoms with Crippen molar-refractivity contribution in [3.63, 3.8) is 0 Å². The van der Waals surface area contributed by atoms with Crippen molar-refractivity contribution in [2.24, 2.45) is 5.92 Å². The molecule has 1 unspecified atom stereocenters. The zero-order chi connectivity index (χ0) is 21.5. The fourth-order valence-corrected chi connectivity index (χ4v) is 4.28. The van der Waals surface area contributed by atoms with Gasteiger partial charge in [-0.15, -0.1) is 0 Å².